The molecular formula is C24H24N2O4S. The van der Waals surface area contributed by atoms with Crippen LogP contribution in [0.4, 0.5) is 5.69 Å². The van der Waals surface area contributed by atoms with Crippen molar-refractivity contribution in [3.05, 3.63) is 70.8 Å². The molecule has 0 aromatic heterocycles. The second-order valence-electron chi connectivity index (χ2n) is 7.13. The van der Waals surface area contributed by atoms with Gasteiger partial charge >= 0.3 is 0 Å². The number of phenolic OH excluding ortho intramolecular Hbond substituents is 1. The second-order valence-corrected chi connectivity index (χ2v) is 7.52. The summed E-state index contributed by atoms with van der Waals surface area (Å²) in [4.78, 5) is 27.3. The number of amides is 2. The number of hydrogen-bond donors (Lipinski definition) is 2. The average molecular weight is 437 g/mol. The zero-order valence-electron chi connectivity index (χ0n) is 17.7. The van der Waals surface area contributed by atoms with Gasteiger partial charge in [0, 0.05) is 5.56 Å². The predicted molar refractivity (Wildman–Crippen MR) is 125 cm³/mol. The van der Waals surface area contributed by atoms with Crippen molar-refractivity contribution in [3.8, 4) is 11.5 Å². The van der Waals surface area contributed by atoms with Crippen LogP contribution in [-0.2, 0) is 16.0 Å². The lowest BCUT2D eigenvalue weighted by Gasteiger charge is -2.30. The molecule has 31 heavy (non-hydrogen) atoms. The molecule has 160 valence electrons. The summed E-state index contributed by atoms with van der Waals surface area (Å²) in [7, 11) is 0. The van der Waals surface area contributed by atoms with Crippen molar-refractivity contribution in [3.63, 3.8) is 0 Å². The lowest BCUT2D eigenvalue weighted by Crippen LogP contribution is -2.54. The summed E-state index contributed by atoms with van der Waals surface area (Å²) in [6.07, 6.45) is 3.54. The Balaban J connectivity index is 2.10. The smallest absolute Gasteiger partial charge is 0.270 e. The molecule has 0 radical (unpaired) electrons. The van der Waals surface area contributed by atoms with Gasteiger partial charge in [0.15, 0.2) is 16.6 Å². The van der Waals surface area contributed by atoms with E-state index < -0.39 is 11.8 Å². The molecule has 0 unspecified atom stereocenters. The number of anilines is 1. The van der Waals surface area contributed by atoms with Crippen molar-refractivity contribution < 1.29 is 19.4 Å². The van der Waals surface area contributed by atoms with E-state index in [0.717, 1.165) is 11.1 Å². The number of nitrogens with one attached hydrogen (secondary N) is 1. The largest absolute Gasteiger partial charge is 0.504 e. The van der Waals surface area contributed by atoms with Gasteiger partial charge in [-0.2, -0.15) is 0 Å². The summed E-state index contributed by atoms with van der Waals surface area (Å²) in [5.41, 5.74) is 3.58. The van der Waals surface area contributed by atoms with Crippen molar-refractivity contribution in [2.75, 3.05) is 11.5 Å². The molecule has 7 heteroatoms. The average Bonchev–Trinajstić information content (AvgIpc) is 2.72. The van der Waals surface area contributed by atoms with E-state index in [1.54, 1.807) is 31.2 Å². The van der Waals surface area contributed by atoms with Gasteiger partial charge in [-0.3, -0.25) is 19.8 Å². The van der Waals surface area contributed by atoms with Gasteiger partial charge in [0.1, 0.15) is 5.57 Å². The lowest BCUT2D eigenvalue weighted by molar-refractivity contribution is -0.122. The molecule has 0 atom stereocenters. The van der Waals surface area contributed by atoms with Crippen molar-refractivity contribution in [2.24, 2.45) is 0 Å². The Bertz CT molecular complexity index is 1120. The third-order valence-electron chi connectivity index (χ3n) is 5.07. The van der Waals surface area contributed by atoms with Crippen LogP contribution in [0, 0.1) is 13.8 Å². The fourth-order valence-corrected chi connectivity index (χ4v) is 3.64. The molecule has 1 heterocycles. The van der Waals surface area contributed by atoms with Crippen LogP contribution in [0.1, 0.15) is 29.2 Å². The zero-order chi connectivity index (χ0) is 22.7. The Morgan fingerprint density at radius 2 is 2.00 bits per heavy atom. The minimum atomic E-state index is -0.576. The Morgan fingerprint density at radius 3 is 2.68 bits per heavy atom. The fourth-order valence-electron chi connectivity index (χ4n) is 3.37. The zero-order valence-corrected chi connectivity index (χ0v) is 18.5. The Hall–Kier alpha value is -3.45. The Labute approximate surface area is 186 Å². The molecule has 0 aliphatic carbocycles. The standard InChI is InChI=1S/C24H24N2O4S/c1-5-8-17-11-16(13-20(21(17)27)30-6-2)12-18-22(28)25-24(31)26(23(18)29)19-10-7-9-14(3)15(19)4/h5,7,9-13,27H,1,6,8H2,2-4H3,(H,25,28,31). The minimum absolute atomic E-state index is 0.0153. The molecule has 2 aromatic rings. The number of aromatic hydroxyl groups is 1. The summed E-state index contributed by atoms with van der Waals surface area (Å²) in [5, 5.41) is 13.0. The van der Waals surface area contributed by atoms with Gasteiger partial charge in [0.2, 0.25) is 0 Å². The third kappa shape index (κ3) is 4.36. The van der Waals surface area contributed by atoms with Gasteiger partial charge in [-0.25, -0.2) is 0 Å². The Morgan fingerprint density at radius 1 is 1.26 bits per heavy atom. The van der Waals surface area contributed by atoms with Crippen molar-refractivity contribution in [1.82, 2.24) is 5.32 Å². The summed E-state index contributed by atoms with van der Waals surface area (Å²) in [6.45, 7) is 9.71. The first-order valence-electron chi connectivity index (χ1n) is 9.85. The maximum atomic E-state index is 13.3. The number of allylic oxidation sites excluding steroid dienone is 1. The molecule has 1 saturated heterocycles. The summed E-state index contributed by atoms with van der Waals surface area (Å²) in [6, 6.07) is 8.86. The van der Waals surface area contributed by atoms with Gasteiger partial charge in [-0.15, -0.1) is 6.58 Å². The summed E-state index contributed by atoms with van der Waals surface area (Å²) >= 11 is 5.29. The molecule has 3 rings (SSSR count). The molecule has 0 spiro atoms. The topological polar surface area (TPSA) is 78.9 Å². The van der Waals surface area contributed by atoms with Crippen molar-refractivity contribution in [2.45, 2.75) is 27.2 Å². The SMILES string of the molecule is C=CCc1cc(C=C2C(=O)NC(=S)N(c3cccc(C)c3C)C2=O)cc(OCC)c1O. The van der Waals surface area contributed by atoms with E-state index in [-0.39, 0.29) is 22.2 Å². The van der Waals surface area contributed by atoms with Crippen LogP contribution < -0.4 is 15.0 Å². The maximum Gasteiger partial charge on any atom is 0.270 e. The molecule has 0 bridgehead atoms. The van der Waals surface area contributed by atoms with Crippen molar-refractivity contribution in [1.29, 1.82) is 0 Å². The highest BCUT2D eigenvalue weighted by atomic mass is 32.1. The van der Waals surface area contributed by atoms with Gasteiger partial charge in [-0.1, -0.05) is 18.2 Å². The van der Waals surface area contributed by atoms with Gasteiger partial charge in [0.25, 0.3) is 11.8 Å². The van der Waals surface area contributed by atoms with Crippen LogP contribution in [-0.4, -0.2) is 28.6 Å². The van der Waals surface area contributed by atoms with E-state index in [1.807, 2.05) is 26.0 Å². The fraction of sp³-hybridized carbons (Fsp3) is 0.208. The number of benzene rings is 2. The maximum absolute atomic E-state index is 13.3. The number of phenols is 1. The first-order valence-corrected chi connectivity index (χ1v) is 10.3. The summed E-state index contributed by atoms with van der Waals surface area (Å²) < 4.78 is 5.51. The van der Waals surface area contributed by atoms with Crippen LogP contribution >= 0.6 is 12.2 Å². The molecule has 2 amide bonds. The van der Waals surface area contributed by atoms with Gasteiger partial charge in [0.05, 0.1) is 12.3 Å². The molecule has 0 saturated carbocycles. The molecule has 6 nitrogen and oxygen atoms in total. The molecule has 1 aliphatic heterocycles. The molecular weight excluding hydrogens is 412 g/mol. The molecule has 1 fully saturated rings. The molecule has 2 N–H and O–H groups in total. The monoisotopic (exact) mass is 436 g/mol. The highest BCUT2D eigenvalue weighted by molar-refractivity contribution is 7.80. The normalized spacial score (nSPS) is 15.3. The number of hydrogen-bond acceptors (Lipinski definition) is 5. The number of rotatable bonds is 6. The Kier molecular flexibility index (Phi) is 6.56. The number of carbonyl (C=O) groups is 2. The second kappa shape index (κ2) is 9.14. The van der Waals surface area contributed by atoms with E-state index in [1.165, 1.54) is 11.0 Å². The molecule has 1 aliphatic rings. The molecule has 2 aromatic carbocycles. The van der Waals surface area contributed by atoms with Crippen LogP contribution in [0.3, 0.4) is 0 Å². The van der Waals surface area contributed by atoms with Crippen LogP contribution in [0.15, 0.2) is 48.6 Å². The van der Waals surface area contributed by atoms with Crippen LogP contribution in [0.5, 0.6) is 11.5 Å². The number of nitrogens with zero attached hydrogens (tertiary/aromatic N) is 1. The third-order valence-corrected chi connectivity index (χ3v) is 5.35. The highest BCUT2D eigenvalue weighted by Gasteiger charge is 2.35. The predicted octanol–water partition coefficient (Wildman–Crippen LogP) is 3.97. The number of thiocarbonyl (C=S) groups is 1. The quantitative estimate of drug-likeness (QED) is 0.310. The van der Waals surface area contributed by atoms with Crippen molar-refractivity contribution >= 4 is 40.9 Å². The summed E-state index contributed by atoms with van der Waals surface area (Å²) in [5.74, 6) is -0.799. The van der Waals surface area contributed by atoms with Gasteiger partial charge in [-0.05, 0) is 80.4 Å². The highest BCUT2D eigenvalue weighted by Crippen LogP contribution is 2.34. The van der Waals surface area contributed by atoms with E-state index in [2.05, 4.69) is 11.9 Å². The van der Waals surface area contributed by atoms with Gasteiger partial charge < -0.3 is 9.84 Å². The number of ether oxygens (including phenoxy) is 1. The first-order chi connectivity index (χ1) is 14.8. The minimum Gasteiger partial charge on any atom is -0.504 e. The first kappa shape index (κ1) is 22.2. The number of carbonyl (C=O) groups excluding carboxylic acids is 2. The van der Waals surface area contributed by atoms with Crippen LogP contribution in [0.2, 0.25) is 0 Å². The number of aryl methyl sites for hydroxylation is 1. The van der Waals surface area contributed by atoms with E-state index in [9.17, 15) is 14.7 Å². The lowest BCUT2D eigenvalue weighted by atomic mass is 10.0. The van der Waals surface area contributed by atoms with E-state index >= 15 is 0 Å². The van der Waals surface area contributed by atoms with E-state index in [4.69, 9.17) is 17.0 Å². The van der Waals surface area contributed by atoms with Crippen LogP contribution in [0.25, 0.3) is 6.08 Å². The van der Waals surface area contributed by atoms with E-state index in [0.29, 0.717) is 29.8 Å².